The van der Waals surface area contributed by atoms with Crippen LogP contribution in [0.4, 0.5) is 0 Å². The van der Waals surface area contributed by atoms with Gasteiger partial charge in [-0.2, -0.15) is 0 Å². The van der Waals surface area contributed by atoms with Crippen LogP contribution in [-0.2, 0) is 0 Å². The van der Waals surface area contributed by atoms with Gasteiger partial charge in [0.2, 0.25) is 0 Å². The van der Waals surface area contributed by atoms with Crippen LogP contribution in [0.3, 0.4) is 0 Å². The van der Waals surface area contributed by atoms with E-state index in [1.807, 2.05) is 0 Å². The maximum atomic E-state index is 6.45. The van der Waals surface area contributed by atoms with Gasteiger partial charge in [0.05, 0.1) is 6.54 Å². The van der Waals surface area contributed by atoms with E-state index < -0.39 is 0 Å². The molecule has 0 saturated heterocycles. The van der Waals surface area contributed by atoms with Gasteiger partial charge in [0, 0.05) is 34.9 Å². The molecule has 0 radical (unpaired) electrons. The van der Waals surface area contributed by atoms with Gasteiger partial charge in [-0.05, 0) is 56.3 Å². The maximum Gasteiger partial charge on any atom is 0.0743 e. The minimum Gasteiger partial charge on any atom is -0.367 e. The van der Waals surface area contributed by atoms with Crippen LogP contribution in [-0.4, -0.2) is 30.2 Å². The zero-order valence-corrected chi connectivity index (χ0v) is 16.0. The number of likely N-dealkylation sites (tertiary alicyclic amines) is 1. The molecule has 0 N–H and O–H groups in total. The Labute approximate surface area is 150 Å². The van der Waals surface area contributed by atoms with Crippen molar-refractivity contribution in [2.24, 2.45) is 16.3 Å². The molecule has 0 aromatic heterocycles. The first kappa shape index (κ1) is 16.2. The predicted molar refractivity (Wildman–Crippen MR) is 102 cm³/mol. The minimum absolute atomic E-state index is 0.0466. The molecule has 2 heterocycles. The van der Waals surface area contributed by atoms with Gasteiger partial charge in [0.15, 0.2) is 0 Å². The summed E-state index contributed by atoms with van der Waals surface area (Å²) in [5, 5.41) is 0.864. The SMILES string of the molecule is CC(C)=CCN1C2=C3CC1C(C)C1(C)C=NCC(Cl)=CC3=C1CC2. The average molecular weight is 343 g/mol. The van der Waals surface area contributed by atoms with Crippen molar-refractivity contribution in [2.45, 2.75) is 53.0 Å². The molecule has 3 atom stereocenters. The first-order chi connectivity index (χ1) is 11.4. The molecular formula is C21H27ClN2. The summed E-state index contributed by atoms with van der Waals surface area (Å²) in [4.78, 5) is 7.37. The molecule has 0 spiro atoms. The first-order valence-corrected chi connectivity index (χ1v) is 9.52. The highest BCUT2D eigenvalue weighted by molar-refractivity contribution is 6.30. The van der Waals surface area contributed by atoms with Crippen molar-refractivity contribution in [1.29, 1.82) is 0 Å². The lowest BCUT2D eigenvalue weighted by Gasteiger charge is -2.46. The maximum absolute atomic E-state index is 6.45. The molecule has 2 aliphatic heterocycles. The Morgan fingerprint density at radius 2 is 2.21 bits per heavy atom. The number of fused-ring (bicyclic) bond motifs is 1. The summed E-state index contributed by atoms with van der Waals surface area (Å²) < 4.78 is 0. The molecule has 0 aromatic carbocycles. The van der Waals surface area contributed by atoms with Gasteiger partial charge in [0.1, 0.15) is 0 Å². The van der Waals surface area contributed by atoms with Crippen LogP contribution < -0.4 is 0 Å². The van der Waals surface area contributed by atoms with Crippen molar-refractivity contribution in [3.8, 4) is 0 Å². The normalized spacial score (nSPS) is 34.2. The van der Waals surface area contributed by atoms with Gasteiger partial charge in [-0.15, -0.1) is 0 Å². The number of hydrogen-bond donors (Lipinski definition) is 0. The highest BCUT2D eigenvalue weighted by Gasteiger charge is 2.50. The smallest absolute Gasteiger partial charge is 0.0743 e. The lowest BCUT2D eigenvalue weighted by molar-refractivity contribution is 0.162. The van der Waals surface area contributed by atoms with Gasteiger partial charge < -0.3 is 4.90 Å². The number of allylic oxidation sites excluding steroid dienone is 5. The van der Waals surface area contributed by atoms with E-state index in [1.165, 1.54) is 17.6 Å². The van der Waals surface area contributed by atoms with Crippen molar-refractivity contribution in [2.75, 3.05) is 13.1 Å². The zero-order valence-electron chi connectivity index (χ0n) is 15.2. The minimum atomic E-state index is 0.0466. The van der Waals surface area contributed by atoms with E-state index in [1.54, 1.807) is 16.8 Å². The molecule has 3 heteroatoms. The van der Waals surface area contributed by atoms with Gasteiger partial charge in [-0.3, -0.25) is 4.99 Å². The second-order valence-electron chi connectivity index (χ2n) is 8.16. The van der Waals surface area contributed by atoms with Crippen molar-refractivity contribution in [3.63, 3.8) is 0 Å². The van der Waals surface area contributed by atoms with E-state index in [0.29, 0.717) is 18.5 Å². The standard InChI is InChI=1S/C21H27ClN2/c1-13(2)7-8-24-19-6-5-18-16-9-15(22)11-23-12-21(18,4)14(3)20(24)10-17(16)19/h7,9,12,14,20H,5-6,8,10-11H2,1-4H3. The number of halogens is 1. The van der Waals surface area contributed by atoms with Crippen LogP contribution in [0.1, 0.15) is 47.0 Å². The predicted octanol–water partition coefficient (Wildman–Crippen LogP) is 5.23. The number of rotatable bonds is 2. The summed E-state index contributed by atoms with van der Waals surface area (Å²) in [7, 11) is 0. The van der Waals surface area contributed by atoms with Gasteiger partial charge >= 0.3 is 0 Å². The molecule has 128 valence electrons. The molecule has 0 aromatic rings. The first-order valence-electron chi connectivity index (χ1n) is 9.15. The Bertz CT molecular complexity index is 733. The Morgan fingerprint density at radius 3 is 2.96 bits per heavy atom. The Kier molecular flexibility index (Phi) is 3.80. The van der Waals surface area contributed by atoms with E-state index in [2.05, 4.69) is 56.0 Å². The Hall–Kier alpha value is -1.28. The quantitative estimate of drug-likeness (QED) is 0.627. The van der Waals surface area contributed by atoms with Crippen LogP contribution in [0.2, 0.25) is 0 Å². The number of aliphatic imine (C=N–C) groups is 1. The number of nitrogens with zero attached hydrogens (tertiary/aromatic N) is 2. The lowest BCUT2D eigenvalue weighted by atomic mass is 9.66. The molecule has 0 amide bonds. The van der Waals surface area contributed by atoms with Crippen molar-refractivity contribution >= 4 is 17.8 Å². The molecule has 2 aliphatic carbocycles. The topological polar surface area (TPSA) is 15.6 Å². The molecule has 2 nitrogen and oxygen atoms in total. The fraction of sp³-hybridized carbons (Fsp3) is 0.571. The van der Waals surface area contributed by atoms with Crippen LogP contribution in [0.5, 0.6) is 0 Å². The third-order valence-electron chi connectivity index (χ3n) is 6.54. The van der Waals surface area contributed by atoms with Gasteiger partial charge in [0.25, 0.3) is 0 Å². The lowest BCUT2D eigenvalue weighted by Crippen LogP contribution is -2.46. The summed E-state index contributed by atoms with van der Waals surface area (Å²) in [6.07, 6.45) is 10.3. The van der Waals surface area contributed by atoms with E-state index >= 15 is 0 Å². The van der Waals surface area contributed by atoms with Crippen molar-refractivity contribution in [1.82, 2.24) is 4.90 Å². The largest absolute Gasteiger partial charge is 0.367 e. The Balaban J connectivity index is 1.91. The summed E-state index contributed by atoms with van der Waals surface area (Å²) in [5.74, 6) is 0.553. The van der Waals surface area contributed by atoms with E-state index in [0.717, 1.165) is 24.4 Å². The average Bonchev–Trinajstić information content (AvgIpc) is 2.87. The third-order valence-corrected chi connectivity index (χ3v) is 6.77. The monoisotopic (exact) mass is 342 g/mol. The number of hydrogen-bond acceptors (Lipinski definition) is 2. The molecule has 5 bridgehead atoms. The zero-order chi connectivity index (χ0) is 17.1. The molecule has 0 saturated carbocycles. The summed E-state index contributed by atoms with van der Waals surface area (Å²) in [6, 6.07) is 0.570. The van der Waals surface area contributed by atoms with E-state index in [9.17, 15) is 0 Å². The van der Waals surface area contributed by atoms with E-state index in [-0.39, 0.29) is 5.41 Å². The van der Waals surface area contributed by atoms with Crippen molar-refractivity contribution < 1.29 is 0 Å². The third kappa shape index (κ3) is 2.26. The van der Waals surface area contributed by atoms with Crippen LogP contribution in [0, 0.1) is 11.3 Å². The molecule has 4 aliphatic rings. The molecule has 24 heavy (non-hydrogen) atoms. The van der Waals surface area contributed by atoms with Gasteiger partial charge in [-0.1, -0.05) is 42.7 Å². The molecule has 0 fully saturated rings. The summed E-state index contributed by atoms with van der Waals surface area (Å²) in [6.45, 7) is 10.9. The molecular weight excluding hydrogens is 316 g/mol. The van der Waals surface area contributed by atoms with Crippen LogP contribution in [0.15, 0.2) is 50.2 Å². The van der Waals surface area contributed by atoms with Gasteiger partial charge in [-0.25, -0.2) is 0 Å². The Morgan fingerprint density at radius 1 is 1.42 bits per heavy atom. The second-order valence-corrected chi connectivity index (χ2v) is 8.64. The molecule has 4 rings (SSSR count). The summed E-state index contributed by atoms with van der Waals surface area (Å²) in [5.41, 5.74) is 7.58. The van der Waals surface area contributed by atoms with Crippen LogP contribution in [0.25, 0.3) is 0 Å². The van der Waals surface area contributed by atoms with Crippen molar-refractivity contribution in [3.05, 3.63) is 45.2 Å². The van der Waals surface area contributed by atoms with Crippen LogP contribution >= 0.6 is 11.6 Å². The summed E-state index contributed by atoms with van der Waals surface area (Å²) >= 11 is 6.45. The highest BCUT2D eigenvalue weighted by Crippen LogP contribution is 2.56. The second kappa shape index (κ2) is 5.62. The van der Waals surface area contributed by atoms with E-state index in [4.69, 9.17) is 11.6 Å². The molecule has 3 unspecified atom stereocenters. The fourth-order valence-electron chi connectivity index (χ4n) is 5.03. The fourth-order valence-corrected chi connectivity index (χ4v) is 5.21. The highest BCUT2D eigenvalue weighted by atomic mass is 35.5.